The average Bonchev–Trinajstić information content (AvgIpc) is 2.35. The number of carbonyl (C=O) groups is 2. The highest BCUT2D eigenvalue weighted by Gasteiger charge is 2.18. The van der Waals surface area contributed by atoms with E-state index >= 15 is 0 Å². The van der Waals surface area contributed by atoms with E-state index in [9.17, 15) is 9.59 Å². The Kier molecular flexibility index (Phi) is 5.32. The number of nitrogens with one attached hydrogen (secondary N) is 2. The van der Waals surface area contributed by atoms with Crippen molar-refractivity contribution < 1.29 is 19.8 Å². The van der Waals surface area contributed by atoms with Crippen LogP contribution in [0.5, 0.6) is 0 Å². The second-order valence-electron chi connectivity index (χ2n) is 4.45. The zero-order valence-electron chi connectivity index (χ0n) is 10.9. The Labute approximate surface area is 111 Å². The SMILES string of the molecule is CC(C)c1cccc(NC(=O)N[C@@H](CO)C(=O)O)c1. The summed E-state index contributed by atoms with van der Waals surface area (Å²) in [5, 5.41) is 22.2. The average molecular weight is 266 g/mol. The van der Waals surface area contributed by atoms with Crippen molar-refractivity contribution in [1.82, 2.24) is 5.32 Å². The number of rotatable bonds is 5. The number of hydrogen-bond acceptors (Lipinski definition) is 3. The largest absolute Gasteiger partial charge is 0.480 e. The number of benzene rings is 1. The maximum Gasteiger partial charge on any atom is 0.328 e. The van der Waals surface area contributed by atoms with Gasteiger partial charge in [0.2, 0.25) is 0 Å². The van der Waals surface area contributed by atoms with Gasteiger partial charge >= 0.3 is 12.0 Å². The van der Waals surface area contributed by atoms with Crippen LogP contribution in [0, 0.1) is 0 Å². The molecular weight excluding hydrogens is 248 g/mol. The summed E-state index contributed by atoms with van der Waals surface area (Å²) in [6.45, 7) is 3.41. The van der Waals surface area contributed by atoms with E-state index < -0.39 is 24.6 Å². The van der Waals surface area contributed by atoms with Crippen LogP contribution < -0.4 is 10.6 Å². The maximum atomic E-state index is 11.6. The zero-order chi connectivity index (χ0) is 14.4. The number of carboxylic acids is 1. The number of hydrogen-bond donors (Lipinski definition) is 4. The summed E-state index contributed by atoms with van der Waals surface area (Å²) < 4.78 is 0. The number of amides is 2. The second-order valence-corrected chi connectivity index (χ2v) is 4.45. The Morgan fingerprint density at radius 2 is 2.00 bits per heavy atom. The lowest BCUT2D eigenvalue weighted by molar-refractivity contribution is -0.140. The van der Waals surface area contributed by atoms with Crippen molar-refractivity contribution >= 4 is 17.7 Å². The number of carbonyl (C=O) groups excluding carboxylic acids is 1. The van der Waals surface area contributed by atoms with E-state index in [4.69, 9.17) is 10.2 Å². The van der Waals surface area contributed by atoms with Crippen LogP contribution >= 0.6 is 0 Å². The molecule has 19 heavy (non-hydrogen) atoms. The zero-order valence-corrected chi connectivity index (χ0v) is 10.9. The molecule has 0 radical (unpaired) electrons. The molecule has 0 bridgehead atoms. The molecule has 0 aromatic heterocycles. The first kappa shape index (κ1) is 15.0. The summed E-state index contributed by atoms with van der Waals surface area (Å²) in [5.41, 5.74) is 1.64. The molecule has 0 spiro atoms. The van der Waals surface area contributed by atoms with E-state index in [-0.39, 0.29) is 0 Å². The van der Waals surface area contributed by atoms with Crippen molar-refractivity contribution in [1.29, 1.82) is 0 Å². The first-order valence-corrected chi connectivity index (χ1v) is 5.95. The molecule has 2 amide bonds. The fourth-order valence-corrected chi connectivity index (χ4v) is 1.49. The van der Waals surface area contributed by atoms with Gasteiger partial charge in [-0.05, 0) is 23.6 Å². The lowest BCUT2D eigenvalue weighted by atomic mass is 10.0. The predicted molar refractivity (Wildman–Crippen MR) is 71.2 cm³/mol. The molecule has 0 saturated heterocycles. The molecule has 6 nitrogen and oxygen atoms in total. The molecule has 0 aliphatic rings. The number of carboxylic acid groups (broad SMARTS) is 1. The molecule has 104 valence electrons. The Balaban J connectivity index is 2.66. The predicted octanol–water partition coefficient (Wildman–Crippen LogP) is 1.38. The van der Waals surface area contributed by atoms with Gasteiger partial charge in [0, 0.05) is 5.69 Å². The van der Waals surface area contributed by atoms with E-state index in [1.807, 2.05) is 32.0 Å². The fourth-order valence-electron chi connectivity index (χ4n) is 1.49. The van der Waals surface area contributed by atoms with Gasteiger partial charge in [-0.25, -0.2) is 9.59 Å². The first-order valence-electron chi connectivity index (χ1n) is 5.95. The lowest BCUT2D eigenvalue weighted by Gasteiger charge is -2.13. The van der Waals surface area contributed by atoms with Crippen LogP contribution in [-0.4, -0.2) is 34.9 Å². The van der Waals surface area contributed by atoms with Crippen molar-refractivity contribution in [2.75, 3.05) is 11.9 Å². The van der Waals surface area contributed by atoms with E-state index in [0.29, 0.717) is 11.6 Å². The van der Waals surface area contributed by atoms with Crippen molar-refractivity contribution in [2.24, 2.45) is 0 Å². The van der Waals surface area contributed by atoms with Crippen molar-refractivity contribution in [3.8, 4) is 0 Å². The third-order valence-electron chi connectivity index (χ3n) is 2.60. The van der Waals surface area contributed by atoms with Crippen LogP contribution in [0.4, 0.5) is 10.5 Å². The Morgan fingerprint density at radius 3 is 2.53 bits per heavy atom. The molecule has 0 aliphatic heterocycles. The van der Waals surface area contributed by atoms with Crippen molar-refractivity contribution in [3.05, 3.63) is 29.8 Å². The summed E-state index contributed by atoms with van der Waals surface area (Å²) in [4.78, 5) is 22.2. The third kappa shape index (κ3) is 4.59. The number of aliphatic hydroxyl groups is 1. The minimum absolute atomic E-state index is 0.328. The van der Waals surface area contributed by atoms with Gasteiger partial charge in [0.15, 0.2) is 6.04 Å². The van der Waals surface area contributed by atoms with Crippen LogP contribution in [0.3, 0.4) is 0 Å². The summed E-state index contributed by atoms with van der Waals surface area (Å²) in [5.74, 6) is -0.956. The van der Waals surface area contributed by atoms with Crippen molar-refractivity contribution in [2.45, 2.75) is 25.8 Å². The van der Waals surface area contributed by atoms with Crippen LogP contribution in [-0.2, 0) is 4.79 Å². The Morgan fingerprint density at radius 1 is 1.32 bits per heavy atom. The monoisotopic (exact) mass is 266 g/mol. The van der Waals surface area contributed by atoms with Gasteiger partial charge in [0.05, 0.1) is 6.61 Å². The molecule has 0 fully saturated rings. The van der Waals surface area contributed by atoms with Crippen LogP contribution in [0.1, 0.15) is 25.3 Å². The minimum Gasteiger partial charge on any atom is -0.480 e. The molecule has 1 rings (SSSR count). The van der Waals surface area contributed by atoms with Gasteiger partial charge in [-0.15, -0.1) is 0 Å². The Hall–Kier alpha value is -2.08. The topological polar surface area (TPSA) is 98.7 Å². The maximum absolute atomic E-state index is 11.6. The van der Waals surface area contributed by atoms with E-state index in [1.54, 1.807) is 6.07 Å². The highest BCUT2D eigenvalue weighted by molar-refractivity contribution is 5.92. The molecule has 4 N–H and O–H groups in total. The molecular formula is C13H18N2O4. The van der Waals surface area contributed by atoms with Crippen LogP contribution in [0.25, 0.3) is 0 Å². The Bertz CT molecular complexity index is 460. The van der Waals surface area contributed by atoms with Gasteiger partial charge in [-0.2, -0.15) is 0 Å². The van der Waals surface area contributed by atoms with Gasteiger partial charge in [0.25, 0.3) is 0 Å². The minimum atomic E-state index is -1.31. The number of anilines is 1. The molecule has 0 aliphatic carbocycles. The molecule has 0 saturated carbocycles. The number of aliphatic carboxylic acids is 1. The highest BCUT2D eigenvalue weighted by Crippen LogP contribution is 2.18. The van der Waals surface area contributed by atoms with Crippen LogP contribution in [0.2, 0.25) is 0 Å². The lowest BCUT2D eigenvalue weighted by Crippen LogP contribution is -2.45. The van der Waals surface area contributed by atoms with E-state index in [0.717, 1.165) is 5.56 Å². The van der Waals surface area contributed by atoms with E-state index in [1.165, 1.54) is 0 Å². The highest BCUT2D eigenvalue weighted by atomic mass is 16.4. The number of urea groups is 1. The van der Waals surface area contributed by atoms with Crippen molar-refractivity contribution in [3.63, 3.8) is 0 Å². The first-order chi connectivity index (χ1) is 8.93. The third-order valence-corrected chi connectivity index (χ3v) is 2.60. The smallest absolute Gasteiger partial charge is 0.328 e. The number of aliphatic hydroxyl groups excluding tert-OH is 1. The molecule has 1 aromatic carbocycles. The molecule has 0 heterocycles. The van der Waals surface area contributed by atoms with Gasteiger partial charge in [-0.3, -0.25) is 0 Å². The summed E-state index contributed by atoms with van der Waals surface area (Å²) >= 11 is 0. The molecule has 1 atom stereocenters. The van der Waals surface area contributed by atoms with E-state index in [2.05, 4.69) is 10.6 Å². The normalized spacial score (nSPS) is 12.0. The summed E-state index contributed by atoms with van der Waals surface area (Å²) in [7, 11) is 0. The molecule has 1 aromatic rings. The van der Waals surface area contributed by atoms with Gasteiger partial charge < -0.3 is 20.8 Å². The second kappa shape index (κ2) is 6.75. The summed E-state index contributed by atoms with van der Waals surface area (Å²) in [6, 6.07) is 5.31. The molecule has 6 heteroatoms. The van der Waals surface area contributed by atoms with Gasteiger partial charge in [-0.1, -0.05) is 26.0 Å². The summed E-state index contributed by atoms with van der Waals surface area (Å²) in [6.07, 6.45) is 0. The standard InChI is InChI=1S/C13H18N2O4/c1-8(2)9-4-3-5-10(6-9)14-13(19)15-11(7-16)12(17)18/h3-6,8,11,16H,7H2,1-2H3,(H,17,18)(H2,14,15,19)/t11-/m0/s1. The molecule has 0 unspecified atom stereocenters. The fraction of sp³-hybridized carbons (Fsp3) is 0.385. The quantitative estimate of drug-likeness (QED) is 0.647. The van der Waals surface area contributed by atoms with Gasteiger partial charge in [0.1, 0.15) is 0 Å². The van der Waals surface area contributed by atoms with Crippen LogP contribution in [0.15, 0.2) is 24.3 Å².